The molecule has 12 heteroatoms. The highest BCUT2D eigenvalue weighted by atomic mass is 19.3. The first-order valence-corrected chi connectivity index (χ1v) is 14.0. The van der Waals surface area contributed by atoms with Gasteiger partial charge in [-0.1, -0.05) is 6.07 Å². The zero-order chi connectivity index (χ0) is 28.5. The Hall–Kier alpha value is -4.03. The number of alkyl halides is 2. The van der Waals surface area contributed by atoms with Gasteiger partial charge in [0.15, 0.2) is 0 Å². The number of nitrogens with one attached hydrogen (secondary N) is 1. The molecule has 9 nitrogen and oxygen atoms in total. The van der Waals surface area contributed by atoms with Crippen molar-refractivity contribution in [2.75, 3.05) is 33.0 Å². The first kappa shape index (κ1) is 25.7. The fourth-order valence-corrected chi connectivity index (χ4v) is 7.18. The normalized spacial score (nSPS) is 26.4. The van der Waals surface area contributed by atoms with Crippen LogP contribution < -0.4 is 10.1 Å². The molecule has 216 valence electrons. The van der Waals surface area contributed by atoms with E-state index in [4.69, 9.17) is 19.2 Å². The summed E-state index contributed by atoms with van der Waals surface area (Å²) in [5, 5.41) is 2.89. The van der Waals surface area contributed by atoms with Crippen molar-refractivity contribution in [2.24, 2.45) is 11.8 Å². The van der Waals surface area contributed by atoms with Crippen molar-refractivity contribution in [2.45, 2.75) is 30.9 Å². The average Bonchev–Trinajstić information content (AvgIpc) is 3.51. The van der Waals surface area contributed by atoms with Crippen LogP contribution in [0.15, 0.2) is 42.7 Å². The third-order valence-electron chi connectivity index (χ3n) is 8.98. The van der Waals surface area contributed by atoms with Gasteiger partial charge in [-0.15, -0.1) is 0 Å². The Kier molecular flexibility index (Phi) is 5.97. The predicted molar refractivity (Wildman–Crippen MR) is 143 cm³/mol. The molecule has 0 aliphatic carbocycles. The Bertz CT molecular complexity index is 1690. The molecule has 42 heavy (non-hydrogen) atoms. The molecule has 1 N–H and O–H groups in total. The van der Waals surface area contributed by atoms with Gasteiger partial charge in [0.2, 0.25) is 0 Å². The van der Waals surface area contributed by atoms with Gasteiger partial charge in [-0.05, 0) is 24.6 Å². The Balaban J connectivity index is 1.22. The SMILES string of the molecule is O=C1NC[C@@H]2C[C@H](c3c(OC(F)F)cccc31)n1c2nc2cc(F)c(-c3cnc(C4C5COCC4COC5)nc3)cc21. The van der Waals surface area contributed by atoms with Crippen LogP contribution in [0.5, 0.6) is 5.75 Å². The molecule has 0 spiro atoms. The van der Waals surface area contributed by atoms with E-state index in [1.807, 2.05) is 4.57 Å². The molecule has 6 heterocycles. The Morgan fingerprint density at radius 3 is 2.48 bits per heavy atom. The summed E-state index contributed by atoms with van der Waals surface area (Å²) in [7, 11) is 0. The number of aromatic nitrogens is 4. The van der Waals surface area contributed by atoms with E-state index in [0.717, 1.165) is 0 Å². The third kappa shape index (κ3) is 3.99. The number of halogens is 3. The zero-order valence-corrected chi connectivity index (χ0v) is 22.3. The second-order valence-electron chi connectivity index (χ2n) is 11.4. The molecule has 4 aliphatic rings. The van der Waals surface area contributed by atoms with E-state index in [-0.39, 0.29) is 40.9 Å². The molecule has 4 aromatic rings. The Labute approximate surface area is 238 Å². The molecule has 4 aliphatic heterocycles. The molecule has 0 unspecified atom stereocenters. The van der Waals surface area contributed by atoms with Crippen LogP contribution in [0.3, 0.4) is 0 Å². The second kappa shape index (κ2) is 9.77. The number of rotatable bonds is 4. The van der Waals surface area contributed by atoms with Crippen LogP contribution in [0.1, 0.15) is 51.9 Å². The number of carbonyl (C=O) groups excluding carboxylic acids is 1. The van der Waals surface area contributed by atoms with Crippen LogP contribution in [-0.2, 0) is 9.47 Å². The second-order valence-corrected chi connectivity index (χ2v) is 11.4. The minimum Gasteiger partial charge on any atom is -0.434 e. The molecule has 0 radical (unpaired) electrons. The van der Waals surface area contributed by atoms with Gasteiger partial charge in [-0.3, -0.25) is 4.79 Å². The van der Waals surface area contributed by atoms with Gasteiger partial charge in [0.25, 0.3) is 5.91 Å². The van der Waals surface area contributed by atoms with E-state index >= 15 is 4.39 Å². The van der Waals surface area contributed by atoms with E-state index in [1.165, 1.54) is 18.2 Å². The fourth-order valence-electron chi connectivity index (χ4n) is 7.18. The minimum absolute atomic E-state index is 0.0624. The number of nitrogens with zero attached hydrogens (tertiary/aromatic N) is 4. The molecule has 2 aromatic heterocycles. The van der Waals surface area contributed by atoms with Crippen molar-refractivity contribution in [3.05, 3.63) is 71.3 Å². The molecule has 2 aromatic carbocycles. The summed E-state index contributed by atoms with van der Waals surface area (Å²) in [5.41, 5.74) is 2.51. The van der Waals surface area contributed by atoms with Crippen molar-refractivity contribution in [3.8, 4) is 16.9 Å². The number of carbonyl (C=O) groups is 1. The van der Waals surface area contributed by atoms with Crippen molar-refractivity contribution in [1.29, 1.82) is 0 Å². The van der Waals surface area contributed by atoms with E-state index in [2.05, 4.69) is 15.3 Å². The highest BCUT2D eigenvalue weighted by Gasteiger charge is 2.42. The van der Waals surface area contributed by atoms with Crippen LogP contribution >= 0.6 is 0 Å². The summed E-state index contributed by atoms with van der Waals surface area (Å²) in [5.74, 6) is 0.772. The molecule has 2 fully saturated rings. The lowest BCUT2D eigenvalue weighted by Crippen LogP contribution is -2.44. The van der Waals surface area contributed by atoms with Crippen LogP contribution in [-0.4, -0.2) is 65.0 Å². The standard InChI is InChI=1S/C30H26F3N5O4/c31-20-6-21-22(5-19(20)15-8-34-27(35-9-15)25-16-10-40-12-17(25)13-41-11-16)38-23-4-14(28(38)37-21)7-36-29(39)18-2-1-3-24(26(18)23)42-30(32)33/h1-3,5-6,8-9,14,16-17,23,25,30H,4,7,10-13H2,(H,36,39)/t14-,16?,17?,23+,25?/m0/s1. The van der Waals surface area contributed by atoms with E-state index in [0.29, 0.717) is 78.8 Å². The highest BCUT2D eigenvalue weighted by Crippen LogP contribution is 2.48. The summed E-state index contributed by atoms with van der Waals surface area (Å²) >= 11 is 0. The summed E-state index contributed by atoms with van der Waals surface area (Å²) in [4.78, 5) is 27.0. The topological polar surface area (TPSA) is 100 Å². The lowest BCUT2D eigenvalue weighted by atomic mass is 9.78. The zero-order valence-electron chi connectivity index (χ0n) is 22.3. The van der Waals surface area contributed by atoms with Crippen LogP contribution in [0, 0.1) is 17.7 Å². The number of ether oxygens (including phenoxy) is 3. The molecular weight excluding hydrogens is 551 g/mol. The smallest absolute Gasteiger partial charge is 0.387 e. The summed E-state index contributed by atoms with van der Waals surface area (Å²) < 4.78 is 60.5. The molecule has 4 bridgehead atoms. The van der Waals surface area contributed by atoms with Gasteiger partial charge < -0.3 is 24.1 Å². The Morgan fingerprint density at radius 2 is 1.76 bits per heavy atom. The van der Waals surface area contributed by atoms with Crippen molar-refractivity contribution >= 4 is 16.9 Å². The fraction of sp³-hybridized carbons (Fsp3) is 0.400. The predicted octanol–water partition coefficient (Wildman–Crippen LogP) is 4.43. The maximum Gasteiger partial charge on any atom is 0.387 e. The maximum absolute atomic E-state index is 15.5. The van der Waals surface area contributed by atoms with Crippen molar-refractivity contribution in [1.82, 2.24) is 24.8 Å². The van der Waals surface area contributed by atoms with E-state index < -0.39 is 18.5 Å². The molecule has 2 atom stereocenters. The number of benzene rings is 2. The quantitative estimate of drug-likeness (QED) is 0.383. The number of imidazole rings is 1. The van der Waals surface area contributed by atoms with Gasteiger partial charge in [0.05, 0.1) is 43.5 Å². The van der Waals surface area contributed by atoms with Gasteiger partial charge in [-0.25, -0.2) is 19.3 Å². The van der Waals surface area contributed by atoms with Crippen molar-refractivity contribution in [3.63, 3.8) is 0 Å². The monoisotopic (exact) mass is 577 g/mol. The lowest BCUT2D eigenvalue weighted by molar-refractivity contribution is -0.106. The van der Waals surface area contributed by atoms with Gasteiger partial charge in [-0.2, -0.15) is 8.78 Å². The van der Waals surface area contributed by atoms with Crippen molar-refractivity contribution < 1.29 is 32.2 Å². The van der Waals surface area contributed by atoms with Crippen LogP contribution in [0.25, 0.3) is 22.2 Å². The van der Waals surface area contributed by atoms with E-state index in [1.54, 1.807) is 24.5 Å². The summed E-state index contributed by atoms with van der Waals surface area (Å²) in [6, 6.07) is 7.14. The van der Waals surface area contributed by atoms with Gasteiger partial charge >= 0.3 is 6.61 Å². The average molecular weight is 578 g/mol. The van der Waals surface area contributed by atoms with Crippen LogP contribution in [0.2, 0.25) is 0 Å². The largest absolute Gasteiger partial charge is 0.434 e. The highest BCUT2D eigenvalue weighted by molar-refractivity contribution is 5.97. The van der Waals surface area contributed by atoms with E-state index in [9.17, 15) is 13.6 Å². The molecule has 1 amide bonds. The number of amides is 1. The third-order valence-corrected chi connectivity index (χ3v) is 8.98. The number of hydrogen-bond donors (Lipinski definition) is 1. The van der Waals surface area contributed by atoms with Gasteiger partial charge in [0.1, 0.15) is 23.2 Å². The number of fused-ring (bicyclic) bond motifs is 11. The minimum atomic E-state index is -3.06. The van der Waals surface area contributed by atoms with Crippen LogP contribution in [0.4, 0.5) is 13.2 Å². The molecular formula is C30H26F3N5O4. The lowest BCUT2D eigenvalue weighted by Gasteiger charge is -2.41. The molecule has 2 saturated heterocycles. The van der Waals surface area contributed by atoms with Gasteiger partial charge in [0, 0.05) is 70.9 Å². The summed E-state index contributed by atoms with van der Waals surface area (Å²) in [6.45, 7) is -0.346. The first-order chi connectivity index (χ1) is 20.5. The molecule has 0 saturated carbocycles. The first-order valence-electron chi connectivity index (χ1n) is 14.0. The Morgan fingerprint density at radius 1 is 1.02 bits per heavy atom. The maximum atomic E-state index is 15.5. The number of hydrogen-bond acceptors (Lipinski definition) is 7. The summed E-state index contributed by atoms with van der Waals surface area (Å²) in [6.07, 6.45) is 3.80. The molecule has 8 rings (SSSR count).